The van der Waals surface area contributed by atoms with Crippen LogP contribution < -0.4 is 5.73 Å². The molecule has 0 bridgehead atoms. The van der Waals surface area contributed by atoms with Gasteiger partial charge in [0.1, 0.15) is 5.76 Å². The van der Waals surface area contributed by atoms with Crippen LogP contribution in [0.3, 0.4) is 0 Å². The first-order chi connectivity index (χ1) is 8.25. The van der Waals surface area contributed by atoms with Gasteiger partial charge in [0.2, 0.25) is 0 Å². The van der Waals surface area contributed by atoms with Gasteiger partial charge >= 0.3 is 0 Å². The van der Waals surface area contributed by atoms with Gasteiger partial charge in [-0.25, -0.2) is 0 Å². The van der Waals surface area contributed by atoms with E-state index in [1.807, 2.05) is 0 Å². The lowest BCUT2D eigenvalue weighted by molar-refractivity contribution is 0.179. The fourth-order valence-corrected chi connectivity index (χ4v) is 2.60. The molecule has 1 unspecified atom stereocenters. The summed E-state index contributed by atoms with van der Waals surface area (Å²) in [6, 6.07) is 8.56. The Morgan fingerprint density at radius 2 is 2.12 bits per heavy atom. The standard InChI is InChI=1S/C14H19NOS/c1-11-5-7-12(8-6-11)17-10-13(15)14-4-2-3-9-16-14/h4-8,13H,2-3,9-10,15H2,1H3. The van der Waals surface area contributed by atoms with Crippen molar-refractivity contribution >= 4 is 11.8 Å². The molecule has 1 aliphatic rings. The van der Waals surface area contributed by atoms with Crippen LogP contribution in [0.15, 0.2) is 41.0 Å². The first-order valence-electron chi connectivity index (χ1n) is 6.03. The van der Waals surface area contributed by atoms with E-state index in [1.54, 1.807) is 11.8 Å². The summed E-state index contributed by atoms with van der Waals surface area (Å²) >= 11 is 1.79. The highest BCUT2D eigenvalue weighted by Crippen LogP contribution is 2.22. The minimum absolute atomic E-state index is 0.0154. The van der Waals surface area contributed by atoms with E-state index in [0.29, 0.717) is 0 Å². The van der Waals surface area contributed by atoms with Gasteiger partial charge in [-0.05, 0) is 38.0 Å². The summed E-state index contributed by atoms with van der Waals surface area (Å²) < 4.78 is 5.57. The van der Waals surface area contributed by atoms with Gasteiger partial charge in [0.25, 0.3) is 0 Å². The fraction of sp³-hybridized carbons (Fsp3) is 0.429. The molecule has 0 fully saturated rings. The third kappa shape index (κ3) is 3.79. The molecule has 1 atom stereocenters. The molecule has 2 rings (SSSR count). The Labute approximate surface area is 107 Å². The minimum atomic E-state index is 0.0154. The molecule has 1 aromatic rings. The van der Waals surface area contributed by atoms with Crippen molar-refractivity contribution < 1.29 is 4.74 Å². The highest BCUT2D eigenvalue weighted by Gasteiger charge is 2.13. The van der Waals surface area contributed by atoms with E-state index in [0.717, 1.165) is 31.0 Å². The lowest BCUT2D eigenvalue weighted by atomic mass is 10.2. The molecule has 92 valence electrons. The van der Waals surface area contributed by atoms with Crippen LogP contribution in [-0.4, -0.2) is 18.4 Å². The van der Waals surface area contributed by atoms with Crippen molar-refractivity contribution in [2.45, 2.75) is 30.7 Å². The smallest absolute Gasteiger partial charge is 0.110 e. The number of nitrogens with two attached hydrogens (primary N) is 1. The summed E-state index contributed by atoms with van der Waals surface area (Å²) in [4.78, 5) is 1.27. The number of rotatable bonds is 4. The Balaban J connectivity index is 1.85. The predicted octanol–water partition coefficient (Wildman–Crippen LogP) is 3.11. The second-order valence-electron chi connectivity index (χ2n) is 4.33. The van der Waals surface area contributed by atoms with Crippen molar-refractivity contribution in [3.63, 3.8) is 0 Å². The van der Waals surface area contributed by atoms with Gasteiger partial charge in [-0.2, -0.15) is 0 Å². The molecule has 0 amide bonds. The maximum absolute atomic E-state index is 6.11. The molecule has 0 radical (unpaired) electrons. The molecule has 0 aromatic heterocycles. The van der Waals surface area contributed by atoms with Gasteiger partial charge in [0, 0.05) is 10.6 Å². The average Bonchev–Trinajstić information content (AvgIpc) is 2.39. The van der Waals surface area contributed by atoms with Crippen molar-refractivity contribution in [2.24, 2.45) is 5.73 Å². The van der Waals surface area contributed by atoms with Crippen LogP contribution in [0.25, 0.3) is 0 Å². The zero-order valence-corrected chi connectivity index (χ0v) is 11.0. The molecule has 0 saturated heterocycles. The minimum Gasteiger partial charge on any atom is -0.497 e. The number of benzene rings is 1. The number of allylic oxidation sites excluding steroid dienone is 1. The second-order valence-corrected chi connectivity index (χ2v) is 5.42. The summed E-state index contributed by atoms with van der Waals surface area (Å²) in [6.45, 7) is 2.91. The summed E-state index contributed by atoms with van der Waals surface area (Å²) in [7, 11) is 0. The Bertz CT molecular complexity index is 386. The van der Waals surface area contributed by atoms with E-state index < -0.39 is 0 Å². The molecule has 3 heteroatoms. The number of aryl methyl sites for hydroxylation is 1. The Kier molecular flexibility index (Phi) is 4.51. The summed E-state index contributed by atoms with van der Waals surface area (Å²) in [5.74, 6) is 1.84. The van der Waals surface area contributed by atoms with Crippen molar-refractivity contribution in [3.8, 4) is 0 Å². The molecule has 2 N–H and O–H groups in total. The molecular formula is C14H19NOS. The Hall–Kier alpha value is -0.930. The van der Waals surface area contributed by atoms with E-state index in [2.05, 4.69) is 37.3 Å². The van der Waals surface area contributed by atoms with Crippen LogP contribution >= 0.6 is 11.8 Å². The van der Waals surface area contributed by atoms with Crippen LogP contribution in [0.1, 0.15) is 18.4 Å². The van der Waals surface area contributed by atoms with Crippen LogP contribution in [0.4, 0.5) is 0 Å². The lowest BCUT2D eigenvalue weighted by Gasteiger charge is -2.20. The van der Waals surface area contributed by atoms with E-state index in [9.17, 15) is 0 Å². The maximum atomic E-state index is 6.11. The quantitative estimate of drug-likeness (QED) is 0.833. The van der Waals surface area contributed by atoms with Crippen LogP contribution in [0.2, 0.25) is 0 Å². The van der Waals surface area contributed by atoms with Crippen LogP contribution in [0.5, 0.6) is 0 Å². The molecule has 0 aliphatic carbocycles. The second kappa shape index (κ2) is 6.12. The van der Waals surface area contributed by atoms with Gasteiger partial charge in [-0.15, -0.1) is 11.8 Å². The van der Waals surface area contributed by atoms with Crippen molar-refractivity contribution in [3.05, 3.63) is 41.7 Å². The monoisotopic (exact) mass is 249 g/mol. The summed E-state index contributed by atoms with van der Waals surface area (Å²) in [5, 5.41) is 0. The molecule has 1 heterocycles. The molecule has 2 nitrogen and oxygen atoms in total. The average molecular weight is 249 g/mol. The normalized spacial score (nSPS) is 17.2. The maximum Gasteiger partial charge on any atom is 0.110 e. The molecule has 0 spiro atoms. The number of hydrogen-bond donors (Lipinski definition) is 1. The molecular weight excluding hydrogens is 230 g/mol. The Morgan fingerprint density at radius 3 is 2.76 bits per heavy atom. The number of thioether (sulfide) groups is 1. The summed E-state index contributed by atoms with van der Waals surface area (Å²) in [6.07, 6.45) is 4.34. The van der Waals surface area contributed by atoms with Crippen LogP contribution in [-0.2, 0) is 4.74 Å². The predicted molar refractivity (Wildman–Crippen MR) is 73.1 cm³/mol. The van der Waals surface area contributed by atoms with Gasteiger partial charge in [-0.3, -0.25) is 0 Å². The zero-order chi connectivity index (χ0) is 12.1. The van der Waals surface area contributed by atoms with Gasteiger partial charge in [-0.1, -0.05) is 17.7 Å². The van der Waals surface area contributed by atoms with E-state index >= 15 is 0 Å². The van der Waals surface area contributed by atoms with Gasteiger partial charge < -0.3 is 10.5 Å². The van der Waals surface area contributed by atoms with E-state index in [-0.39, 0.29) is 6.04 Å². The third-order valence-corrected chi connectivity index (χ3v) is 3.91. The highest BCUT2D eigenvalue weighted by atomic mass is 32.2. The lowest BCUT2D eigenvalue weighted by Crippen LogP contribution is -2.28. The number of hydrogen-bond acceptors (Lipinski definition) is 3. The molecule has 1 aliphatic heterocycles. The first kappa shape index (κ1) is 12.5. The van der Waals surface area contributed by atoms with Crippen molar-refractivity contribution in [2.75, 3.05) is 12.4 Å². The topological polar surface area (TPSA) is 35.2 Å². The summed E-state index contributed by atoms with van der Waals surface area (Å²) in [5.41, 5.74) is 7.40. The number of ether oxygens (including phenoxy) is 1. The van der Waals surface area contributed by atoms with Crippen molar-refractivity contribution in [1.82, 2.24) is 0 Å². The first-order valence-corrected chi connectivity index (χ1v) is 7.02. The third-order valence-electron chi connectivity index (χ3n) is 2.78. The van der Waals surface area contributed by atoms with Crippen molar-refractivity contribution in [1.29, 1.82) is 0 Å². The highest BCUT2D eigenvalue weighted by molar-refractivity contribution is 7.99. The Morgan fingerprint density at radius 1 is 1.35 bits per heavy atom. The molecule has 0 saturated carbocycles. The van der Waals surface area contributed by atoms with E-state index in [4.69, 9.17) is 10.5 Å². The van der Waals surface area contributed by atoms with Gasteiger partial charge in [0.05, 0.1) is 12.6 Å². The van der Waals surface area contributed by atoms with Gasteiger partial charge in [0.15, 0.2) is 0 Å². The molecule has 1 aromatic carbocycles. The van der Waals surface area contributed by atoms with E-state index in [1.165, 1.54) is 10.5 Å². The zero-order valence-electron chi connectivity index (χ0n) is 10.2. The largest absolute Gasteiger partial charge is 0.497 e. The molecule has 17 heavy (non-hydrogen) atoms. The SMILES string of the molecule is Cc1ccc(SCC(N)C2=CCCCO2)cc1. The van der Waals surface area contributed by atoms with Crippen LogP contribution in [0, 0.1) is 6.92 Å². The fourth-order valence-electron chi connectivity index (χ4n) is 1.74.